The molecule has 2 aromatic rings. The molecular weight excluding hydrogens is 265 g/mol. The summed E-state index contributed by atoms with van der Waals surface area (Å²) in [4.78, 5) is 0. The van der Waals surface area contributed by atoms with Gasteiger partial charge in [-0.2, -0.15) is 0 Å². The van der Waals surface area contributed by atoms with Crippen LogP contribution >= 0.6 is 0 Å². The van der Waals surface area contributed by atoms with Crippen molar-refractivity contribution in [2.45, 2.75) is 6.61 Å². The molecule has 0 atom stereocenters. The highest BCUT2D eigenvalue weighted by Gasteiger charge is 2.37. The van der Waals surface area contributed by atoms with Crippen molar-refractivity contribution in [2.24, 2.45) is 5.73 Å². The van der Waals surface area contributed by atoms with E-state index in [1.165, 1.54) is 23.7 Å². The molecule has 0 aliphatic carbocycles. The Labute approximate surface area is 125 Å². The maximum atomic E-state index is 5.74. The molecule has 0 aromatic heterocycles. The predicted molar refractivity (Wildman–Crippen MR) is 83.6 cm³/mol. The lowest BCUT2D eigenvalue weighted by Gasteiger charge is -2.11. The lowest BCUT2D eigenvalue weighted by atomic mass is 9.76. The standard InChI is InChI=1S/C15H13BO3.CH5N/c1-2-4-11(5-3-1)12-6-7-14-15-13(12)10-19-16(15)18-9-8-17-14;1-2/h1-7H,8-10H2;2H2,1H3. The van der Waals surface area contributed by atoms with Gasteiger partial charge in [-0.1, -0.05) is 36.4 Å². The molecule has 2 aromatic carbocycles. The first-order valence-corrected chi connectivity index (χ1v) is 7.08. The third-order valence-corrected chi connectivity index (χ3v) is 3.63. The zero-order valence-corrected chi connectivity index (χ0v) is 12.0. The SMILES string of the molecule is CN.c1ccc(-c2ccc3c4c2COB4OCCO3)cc1. The molecule has 2 heterocycles. The predicted octanol–water partition coefficient (Wildman–Crippen LogP) is 1.56. The van der Waals surface area contributed by atoms with Crippen LogP contribution in [-0.2, 0) is 15.9 Å². The van der Waals surface area contributed by atoms with Crippen LogP contribution in [0.2, 0.25) is 0 Å². The highest BCUT2D eigenvalue weighted by atomic mass is 16.6. The van der Waals surface area contributed by atoms with Gasteiger partial charge in [0.15, 0.2) is 0 Å². The fourth-order valence-electron chi connectivity index (χ4n) is 2.75. The summed E-state index contributed by atoms with van der Waals surface area (Å²) in [5.74, 6) is 0.898. The number of ether oxygens (including phenoxy) is 1. The van der Waals surface area contributed by atoms with E-state index in [4.69, 9.17) is 14.0 Å². The normalized spacial score (nSPS) is 15.4. The second kappa shape index (κ2) is 6.31. The van der Waals surface area contributed by atoms with E-state index in [1.54, 1.807) is 0 Å². The van der Waals surface area contributed by atoms with Gasteiger partial charge >= 0.3 is 7.12 Å². The zero-order chi connectivity index (χ0) is 14.7. The van der Waals surface area contributed by atoms with E-state index < -0.39 is 0 Å². The van der Waals surface area contributed by atoms with Crippen LogP contribution in [0.25, 0.3) is 11.1 Å². The molecule has 108 valence electrons. The van der Waals surface area contributed by atoms with E-state index in [1.807, 2.05) is 24.3 Å². The third kappa shape index (κ3) is 2.55. The average Bonchev–Trinajstić information content (AvgIpc) is 2.87. The van der Waals surface area contributed by atoms with E-state index in [-0.39, 0.29) is 7.12 Å². The van der Waals surface area contributed by atoms with Crippen LogP contribution in [0, 0.1) is 0 Å². The fourth-order valence-corrected chi connectivity index (χ4v) is 2.75. The highest BCUT2D eigenvalue weighted by molar-refractivity contribution is 6.64. The molecule has 21 heavy (non-hydrogen) atoms. The first-order chi connectivity index (χ1) is 10.4. The smallest absolute Gasteiger partial charge is 0.492 e. The molecule has 0 unspecified atom stereocenters. The molecule has 4 nitrogen and oxygen atoms in total. The Bertz CT molecular complexity index is 618. The lowest BCUT2D eigenvalue weighted by molar-refractivity contribution is 0.180. The molecule has 2 aliphatic rings. The molecule has 0 radical (unpaired) electrons. The number of hydrogen-bond donors (Lipinski definition) is 1. The summed E-state index contributed by atoms with van der Waals surface area (Å²) in [5.41, 5.74) is 9.17. The Hall–Kier alpha value is -1.82. The second-order valence-corrected chi connectivity index (χ2v) is 4.73. The fraction of sp³-hybridized carbons (Fsp3) is 0.250. The average molecular weight is 283 g/mol. The minimum absolute atomic E-state index is 0.267. The summed E-state index contributed by atoms with van der Waals surface area (Å²) in [6.45, 7) is 1.73. The van der Waals surface area contributed by atoms with Gasteiger partial charge in [0.1, 0.15) is 12.4 Å². The number of rotatable bonds is 1. The molecule has 0 amide bonds. The minimum Gasteiger partial charge on any atom is -0.492 e. The molecule has 0 saturated heterocycles. The second-order valence-electron chi connectivity index (χ2n) is 4.73. The van der Waals surface area contributed by atoms with E-state index in [0.717, 1.165) is 11.2 Å². The monoisotopic (exact) mass is 283 g/mol. The Morgan fingerprint density at radius 3 is 2.57 bits per heavy atom. The van der Waals surface area contributed by atoms with Gasteiger partial charge in [-0.3, -0.25) is 0 Å². The minimum atomic E-state index is -0.267. The van der Waals surface area contributed by atoms with Crippen LogP contribution in [0.3, 0.4) is 0 Å². The van der Waals surface area contributed by atoms with Gasteiger partial charge in [0, 0.05) is 5.46 Å². The Balaban J connectivity index is 0.000000636. The molecule has 0 spiro atoms. The van der Waals surface area contributed by atoms with Crippen molar-refractivity contribution in [3.63, 3.8) is 0 Å². The summed E-state index contributed by atoms with van der Waals surface area (Å²) in [5, 5.41) is 0. The highest BCUT2D eigenvalue weighted by Crippen LogP contribution is 2.31. The van der Waals surface area contributed by atoms with Gasteiger partial charge in [0.25, 0.3) is 0 Å². The topological polar surface area (TPSA) is 53.7 Å². The molecule has 0 bridgehead atoms. The first-order valence-electron chi connectivity index (χ1n) is 7.08. The van der Waals surface area contributed by atoms with E-state index in [0.29, 0.717) is 19.8 Å². The first kappa shape index (κ1) is 14.1. The van der Waals surface area contributed by atoms with Crippen LogP contribution in [0.1, 0.15) is 5.56 Å². The van der Waals surface area contributed by atoms with Crippen molar-refractivity contribution in [1.82, 2.24) is 0 Å². The Kier molecular flexibility index (Phi) is 4.24. The van der Waals surface area contributed by atoms with Crippen molar-refractivity contribution in [1.29, 1.82) is 0 Å². The van der Waals surface area contributed by atoms with E-state index in [2.05, 4.69) is 23.9 Å². The quantitative estimate of drug-likeness (QED) is 0.807. The maximum absolute atomic E-state index is 5.74. The molecule has 4 rings (SSSR count). The molecule has 0 fully saturated rings. The summed E-state index contributed by atoms with van der Waals surface area (Å²) in [6.07, 6.45) is 0. The van der Waals surface area contributed by atoms with Gasteiger partial charge in [0.2, 0.25) is 0 Å². The van der Waals surface area contributed by atoms with Crippen LogP contribution in [-0.4, -0.2) is 27.4 Å². The van der Waals surface area contributed by atoms with Crippen molar-refractivity contribution in [2.75, 3.05) is 20.3 Å². The molecule has 5 heteroatoms. The number of hydrogen-bond acceptors (Lipinski definition) is 4. The van der Waals surface area contributed by atoms with Gasteiger partial charge in [-0.25, -0.2) is 0 Å². The summed E-state index contributed by atoms with van der Waals surface area (Å²) in [7, 11) is 1.23. The molecule has 2 N–H and O–H groups in total. The van der Waals surface area contributed by atoms with Crippen LogP contribution in [0.15, 0.2) is 42.5 Å². The van der Waals surface area contributed by atoms with Crippen molar-refractivity contribution >= 4 is 12.6 Å². The number of nitrogens with two attached hydrogens (primary N) is 1. The Morgan fingerprint density at radius 2 is 1.76 bits per heavy atom. The summed E-state index contributed by atoms with van der Waals surface area (Å²) >= 11 is 0. The summed E-state index contributed by atoms with van der Waals surface area (Å²) in [6, 6.07) is 14.5. The maximum Gasteiger partial charge on any atom is 0.498 e. The summed E-state index contributed by atoms with van der Waals surface area (Å²) < 4.78 is 17.1. The van der Waals surface area contributed by atoms with Crippen LogP contribution in [0.4, 0.5) is 0 Å². The van der Waals surface area contributed by atoms with Crippen molar-refractivity contribution in [3.8, 4) is 16.9 Å². The van der Waals surface area contributed by atoms with Gasteiger partial charge in [-0.05, 0) is 29.8 Å². The van der Waals surface area contributed by atoms with Gasteiger partial charge in [-0.15, -0.1) is 0 Å². The van der Waals surface area contributed by atoms with E-state index >= 15 is 0 Å². The zero-order valence-electron chi connectivity index (χ0n) is 12.0. The van der Waals surface area contributed by atoms with E-state index in [9.17, 15) is 0 Å². The van der Waals surface area contributed by atoms with Crippen molar-refractivity contribution in [3.05, 3.63) is 48.0 Å². The largest absolute Gasteiger partial charge is 0.498 e. The van der Waals surface area contributed by atoms with Crippen LogP contribution < -0.4 is 15.9 Å². The third-order valence-electron chi connectivity index (χ3n) is 3.63. The van der Waals surface area contributed by atoms with Crippen LogP contribution in [0.5, 0.6) is 5.75 Å². The van der Waals surface area contributed by atoms with Gasteiger partial charge in [0.05, 0.1) is 13.2 Å². The molecular formula is C16H18BNO3. The molecule has 0 saturated carbocycles. The lowest BCUT2D eigenvalue weighted by Crippen LogP contribution is -2.31. The van der Waals surface area contributed by atoms with Crippen molar-refractivity contribution < 1.29 is 14.0 Å². The molecule has 2 aliphatic heterocycles. The Morgan fingerprint density at radius 1 is 0.952 bits per heavy atom. The van der Waals surface area contributed by atoms with Gasteiger partial charge < -0.3 is 19.8 Å². The number of benzene rings is 2.